The van der Waals surface area contributed by atoms with E-state index in [9.17, 15) is 4.79 Å². The highest BCUT2D eigenvalue weighted by atomic mass is 16.5. The number of benzene rings is 2. The Morgan fingerprint density at radius 2 is 1.57 bits per heavy atom. The van der Waals surface area contributed by atoms with E-state index in [2.05, 4.69) is 82.7 Å². The van der Waals surface area contributed by atoms with Crippen LogP contribution in [0.4, 0.5) is 0 Å². The topological polar surface area (TPSA) is 68.5 Å². The fourth-order valence-electron chi connectivity index (χ4n) is 3.95. The Kier molecular flexibility index (Phi) is 8.63. The van der Waals surface area contributed by atoms with Gasteiger partial charge in [-0.3, -0.25) is 9.69 Å². The minimum atomic E-state index is -0.503. The van der Waals surface area contributed by atoms with Crippen molar-refractivity contribution in [1.29, 1.82) is 0 Å². The molecule has 0 atom stereocenters. The van der Waals surface area contributed by atoms with E-state index in [0.29, 0.717) is 11.4 Å². The maximum Gasteiger partial charge on any atom is 0.250 e. The van der Waals surface area contributed by atoms with E-state index in [1.54, 1.807) is 12.1 Å². The van der Waals surface area contributed by atoms with Crippen LogP contribution in [0.15, 0.2) is 115 Å². The van der Waals surface area contributed by atoms with Gasteiger partial charge in [0.25, 0.3) is 0 Å². The van der Waals surface area contributed by atoms with Crippen LogP contribution in [0.1, 0.15) is 34.3 Å². The van der Waals surface area contributed by atoms with Gasteiger partial charge in [-0.1, -0.05) is 78.4 Å². The molecule has 2 aromatic carbocycles. The summed E-state index contributed by atoms with van der Waals surface area (Å²) in [7, 11) is 0. The van der Waals surface area contributed by atoms with E-state index in [1.165, 1.54) is 22.9 Å². The lowest BCUT2D eigenvalue weighted by Crippen LogP contribution is -2.27. The predicted octanol–water partition coefficient (Wildman–Crippen LogP) is 5.46. The molecule has 0 aliphatic heterocycles. The Hall–Kier alpha value is -3.96. The molecule has 0 unspecified atom stereocenters. The minimum Gasteiger partial charge on any atom is -0.439 e. The van der Waals surface area contributed by atoms with Gasteiger partial charge in [0.05, 0.1) is 5.56 Å². The van der Waals surface area contributed by atoms with Gasteiger partial charge in [-0.2, -0.15) is 0 Å². The molecule has 0 saturated carbocycles. The second kappa shape index (κ2) is 12.5. The molecule has 0 saturated heterocycles. The number of amides is 1. The third-order valence-corrected chi connectivity index (χ3v) is 5.93. The predicted molar refractivity (Wildman–Crippen MR) is 140 cm³/mol. The standard InChI is InChI=1S/C30H31N3O2/c31-30(34)27-15-17-29(32-22-27)35-28-13-7-12-25(14-16-28)19-21-33(23-26-10-5-2-6-11-26)20-18-24-8-3-1-4-9-24/h1-6,8-17,22H,7,18-21,23H2,(H2,31,34). The van der Waals surface area contributed by atoms with Crippen molar-refractivity contribution in [3.8, 4) is 5.88 Å². The maximum atomic E-state index is 11.2. The lowest BCUT2D eigenvalue weighted by atomic mass is 10.1. The number of hydrogen-bond donors (Lipinski definition) is 1. The van der Waals surface area contributed by atoms with Crippen LogP contribution >= 0.6 is 0 Å². The molecule has 1 heterocycles. The van der Waals surface area contributed by atoms with Crippen LogP contribution in [0.3, 0.4) is 0 Å². The van der Waals surface area contributed by atoms with Gasteiger partial charge in [-0.05, 0) is 48.6 Å². The van der Waals surface area contributed by atoms with E-state index >= 15 is 0 Å². The van der Waals surface area contributed by atoms with Gasteiger partial charge < -0.3 is 10.5 Å². The first-order valence-corrected chi connectivity index (χ1v) is 12.0. The molecule has 0 bridgehead atoms. The first kappa shape index (κ1) is 24.2. The van der Waals surface area contributed by atoms with Crippen LogP contribution in [-0.2, 0) is 13.0 Å². The number of nitrogens with two attached hydrogens (primary N) is 1. The molecular weight excluding hydrogens is 434 g/mol. The Bertz CT molecular complexity index is 1180. The molecular formula is C30H31N3O2. The first-order valence-electron chi connectivity index (χ1n) is 12.0. The zero-order chi connectivity index (χ0) is 24.3. The molecule has 35 heavy (non-hydrogen) atoms. The van der Waals surface area contributed by atoms with Crippen molar-refractivity contribution in [3.05, 3.63) is 131 Å². The van der Waals surface area contributed by atoms with Gasteiger partial charge in [0.1, 0.15) is 5.76 Å². The summed E-state index contributed by atoms with van der Waals surface area (Å²) in [5.74, 6) is 0.668. The summed E-state index contributed by atoms with van der Waals surface area (Å²) in [5.41, 5.74) is 9.61. The minimum absolute atomic E-state index is 0.360. The Balaban J connectivity index is 1.33. The van der Waals surface area contributed by atoms with Crippen molar-refractivity contribution in [2.45, 2.75) is 25.8 Å². The Morgan fingerprint density at radius 1 is 0.857 bits per heavy atom. The van der Waals surface area contributed by atoms with Gasteiger partial charge in [-0.15, -0.1) is 0 Å². The summed E-state index contributed by atoms with van der Waals surface area (Å²) < 4.78 is 5.88. The van der Waals surface area contributed by atoms with Gasteiger partial charge in [0.2, 0.25) is 11.8 Å². The molecule has 1 aromatic heterocycles. The van der Waals surface area contributed by atoms with E-state index in [4.69, 9.17) is 10.5 Å². The zero-order valence-corrected chi connectivity index (χ0v) is 19.8. The second-order valence-corrected chi connectivity index (χ2v) is 8.55. The van der Waals surface area contributed by atoms with Crippen LogP contribution in [0.2, 0.25) is 0 Å². The number of nitrogens with zero attached hydrogens (tertiary/aromatic N) is 2. The third kappa shape index (κ3) is 7.80. The average molecular weight is 466 g/mol. The quantitative estimate of drug-likeness (QED) is 0.408. The number of allylic oxidation sites excluding steroid dienone is 4. The van der Waals surface area contributed by atoms with Gasteiger partial charge in [0.15, 0.2) is 0 Å². The Morgan fingerprint density at radius 3 is 2.26 bits per heavy atom. The van der Waals surface area contributed by atoms with Crippen LogP contribution in [-0.4, -0.2) is 28.9 Å². The molecule has 3 aromatic rings. The number of hydrogen-bond acceptors (Lipinski definition) is 4. The van der Waals surface area contributed by atoms with Crippen molar-refractivity contribution < 1.29 is 9.53 Å². The molecule has 0 radical (unpaired) electrons. The summed E-state index contributed by atoms with van der Waals surface area (Å²) in [6.07, 6.45) is 12.6. The smallest absolute Gasteiger partial charge is 0.250 e. The van der Waals surface area contributed by atoms with E-state index in [1.807, 2.05) is 12.2 Å². The molecule has 1 aliphatic rings. The average Bonchev–Trinajstić information content (AvgIpc) is 3.12. The second-order valence-electron chi connectivity index (χ2n) is 8.55. The molecule has 1 amide bonds. The molecule has 0 spiro atoms. The van der Waals surface area contributed by atoms with Gasteiger partial charge in [-0.25, -0.2) is 4.98 Å². The number of pyridine rings is 1. The lowest BCUT2D eigenvalue weighted by Gasteiger charge is -2.23. The summed E-state index contributed by atoms with van der Waals surface area (Å²) in [4.78, 5) is 17.9. The summed E-state index contributed by atoms with van der Waals surface area (Å²) in [6.45, 7) is 2.92. The largest absolute Gasteiger partial charge is 0.439 e. The summed E-state index contributed by atoms with van der Waals surface area (Å²) in [5, 5.41) is 0. The molecule has 5 heteroatoms. The van der Waals surface area contributed by atoms with Gasteiger partial charge in [0, 0.05) is 31.9 Å². The first-order chi connectivity index (χ1) is 17.2. The van der Waals surface area contributed by atoms with E-state index < -0.39 is 5.91 Å². The molecule has 2 N–H and O–H groups in total. The van der Waals surface area contributed by atoms with E-state index in [0.717, 1.165) is 44.7 Å². The molecule has 1 aliphatic carbocycles. The normalized spacial score (nSPS) is 13.2. The summed E-state index contributed by atoms with van der Waals surface area (Å²) in [6, 6.07) is 24.6. The lowest BCUT2D eigenvalue weighted by molar-refractivity contribution is 0.1000. The molecule has 178 valence electrons. The zero-order valence-electron chi connectivity index (χ0n) is 19.8. The number of rotatable bonds is 11. The number of carbonyl (C=O) groups excluding carboxylic acids is 1. The fraction of sp³-hybridized carbons (Fsp3) is 0.200. The molecule has 0 fully saturated rings. The van der Waals surface area contributed by atoms with Crippen molar-refractivity contribution in [1.82, 2.24) is 9.88 Å². The van der Waals surface area contributed by atoms with Crippen LogP contribution in [0, 0.1) is 0 Å². The van der Waals surface area contributed by atoms with Crippen LogP contribution < -0.4 is 10.5 Å². The fourth-order valence-corrected chi connectivity index (χ4v) is 3.95. The highest BCUT2D eigenvalue weighted by Gasteiger charge is 2.09. The van der Waals surface area contributed by atoms with Crippen molar-refractivity contribution in [3.63, 3.8) is 0 Å². The number of ether oxygens (including phenoxy) is 1. The number of carbonyl (C=O) groups is 1. The highest BCUT2D eigenvalue weighted by molar-refractivity contribution is 5.92. The molecule has 4 rings (SSSR count). The Labute approximate surface area is 207 Å². The summed E-state index contributed by atoms with van der Waals surface area (Å²) >= 11 is 0. The number of primary amides is 1. The van der Waals surface area contributed by atoms with Crippen LogP contribution in [0.5, 0.6) is 5.88 Å². The maximum absolute atomic E-state index is 11.2. The number of aromatic nitrogens is 1. The van der Waals surface area contributed by atoms with E-state index in [-0.39, 0.29) is 0 Å². The van der Waals surface area contributed by atoms with Crippen molar-refractivity contribution >= 4 is 5.91 Å². The molecule has 5 nitrogen and oxygen atoms in total. The van der Waals surface area contributed by atoms with Crippen LogP contribution in [0.25, 0.3) is 0 Å². The van der Waals surface area contributed by atoms with Crippen molar-refractivity contribution in [2.24, 2.45) is 5.73 Å². The monoisotopic (exact) mass is 465 g/mol. The van der Waals surface area contributed by atoms with Crippen molar-refractivity contribution in [2.75, 3.05) is 13.1 Å². The van der Waals surface area contributed by atoms with Gasteiger partial charge >= 0.3 is 0 Å². The third-order valence-electron chi connectivity index (χ3n) is 5.93. The highest BCUT2D eigenvalue weighted by Crippen LogP contribution is 2.18. The SMILES string of the molecule is NC(=O)c1ccc(OC2=CCC=C(CCN(CCc3ccccc3)Cc3ccccc3)C=C2)nc1.